The Morgan fingerprint density at radius 2 is 1.86 bits per heavy atom. The van der Waals surface area contributed by atoms with Crippen LogP contribution in [0.4, 0.5) is 4.79 Å². The van der Waals surface area contributed by atoms with Crippen LogP contribution in [0.3, 0.4) is 0 Å². The fraction of sp³-hybridized carbons (Fsp3) is 0.733. The number of hydrogen-bond donors (Lipinski definition) is 1. The van der Waals surface area contributed by atoms with Crippen molar-refractivity contribution < 1.29 is 14.3 Å². The lowest BCUT2D eigenvalue weighted by Crippen LogP contribution is -2.46. The second kappa shape index (κ2) is 7.65. The molecule has 1 rings (SSSR count). The van der Waals surface area contributed by atoms with Crippen LogP contribution in [0.25, 0.3) is 0 Å². The molecule has 1 saturated heterocycles. The van der Waals surface area contributed by atoms with Crippen molar-refractivity contribution >= 4 is 12.5 Å². The van der Waals surface area contributed by atoms with Gasteiger partial charge in [0.1, 0.15) is 5.60 Å². The molecule has 0 bridgehead atoms. The van der Waals surface area contributed by atoms with Gasteiger partial charge in [0.05, 0.1) is 24.0 Å². The Kier molecular flexibility index (Phi) is 6.18. The van der Waals surface area contributed by atoms with Crippen LogP contribution in [0, 0.1) is 40.4 Å². The molecule has 1 aliphatic heterocycles. The fourth-order valence-electron chi connectivity index (χ4n) is 2.55. The summed E-state index contributed by atoms with van der Waals surface area (Å²) in [5.41, 5.74) is -0.566. The number of ether oxygens (including phenoxy) is 1. The minimum atomic E-state index is -0.566. The van der Waals surface area contributed by atoms with Gasteiger partial charge in [0.15, 0.2) is 0 Å². The average Bonchev–Trinajstić information content (AvgIpc) is 2.45. The van der Waals surface area contributed by atoms with Gasteiger partial charge >= 0.3 is 6.09 Å². The van der Waals surface area contributed by atoms with Gasteiger partial charge in [0, 0.05) is 19.6 Å². The third-order valence-corrected chi connectivity index (χ3v) is 3.52. The Bertz CT molecular complexity index is 462. The van der Waals surface area contributed by atoms with Crippen molar-refractivity contribution in [2.45, 2.75) is 32.8 Å². The molecular weight excluding hydrogens is 284 g/mol. The first kappa shape index (κ1) is 17.8. The van der Waals surface area contributed by atoms with Crippen molar-refractivity contribution in [2.75, 3.05) is 19.6 Å². The summed E-state index contributed by atoms with van der Waals surface area (Å²) in [6.07, 6.45) is 0.659. The highest BCUT2D eigenvalue weighted by atomic mass is 16.6. The molecule has 2 amide bonds. The standard InChI is InChI=1S/C15H22N4O3/c1-15(2,3)22-14(21)18-5-4-13-11(6-16)8-19(10-20)9-12(13)7-17/h10-13H,4-5,8-9H2,1-3H3,(H,18,21). The molecule has 0 spiro atoms. The molecule has 120 valence electrons. The highest BCUT2D eigenvalue weighted by Gasteiger charge is 2.36. The number of amides is 2. The van der Waals surface area contributed by atoms with E-state index in [1.807, 2.05) is 0 Å². The van der Waals surface area contributed by atoms with Gasteiger partial charge in [0.25, 0.3) is 0 Å². The number of alkyl carbamates (subject to hydrolysis) is 1. The normalized spacial score (nSPS) is 24.8. The van der Waals surface area contributed by atoms with Crippen molar-refractivity contribution in [3.05, 3.63) is 0 Å². The largest absolute Gasteiger partial charge is 0.444 e. The Morgan fingerprint density at radius 3 is 2.27 bits per heavy atom. The van der Waals surface area contributed by atoms with E-state index in [9.17, 15) is 20.1 Å². The van der Waals surface area contributed by atoms with Gasteiger partial charge in [-0.3, -0.25) is 4.79 Å². The molecule has 0 saturated carbocycles. The summed E-state index contributed by atoms with van der Waals surface area (Å²) in [6.45, 7) is 6.32. The van der Waals surface area contributed by atoms with Crippen molar-refractivity contribution in [1.82, 2.24) is 10.2 Å². The van der Waals surface area contributed by atoms with Crippen LogP contribution in [0.5, 0.6) is 0 Å². The second-order valence-corrected chi connectivity index (χ2v) is 6.41. The van der Waals surface area contributed by atoms with Gasteiger partial charge in [-0.1, -0.05) is 0 Å². The molecule has 0 aromatic heterocycles. The second-order valence-electron chi connectivity index (χ2n) is 6.41. The summed E-state index contributed by atoms with van der Waals surface area (Å²) in [7, 11) is 0. The molecule has 7 heteroatoms. The SMILES string of the molecule is CC(C)(C)OC(=O)NCCC1C(C#N)CN(C=O)CC1C#N. The molecule has 0 aromatic carbocycles. The monoisotopic (exact) mass is 306 g/mol. The number of nitrogens with zero attached hydrogens (tertiary/aromatic N) is 3. The maximum atomic E-state index is 11.6. The maximum Gasteiger partial charge on any atom is 0.407 e. The quantitative estimate of drug-likeness (QED) is 0.787. The van der Waals surface area contributed by atoms with Crippen LogP contribution in [0.15, 0.2) is 0 Å². The zero-order valence-corrected chi connectivity index (χ0v) is 13.2. The van der Waals surface area contributed by atoms with Crippen LogP contribution in [0.1, 0.15) is 27.2 Å². The molecule has 2 atom stereocenters. The number of nitriles is 2. The van der Waals surface area contributed by atoms with Crippen LogP contribution >= 0.6 is 0 Å². The summed E-state index contributed by atoms with van der Waals surface area (Å²) in [5.74, 6) is -0.964. The third-order valence-electron chi connectivity index (χ3n) is 3.52. The van der Waals surface area contributed by atoms with Gasteiger partial charge in [0.2, 0.25) is 6.41 Å². The van der Waals surface area contributed by atoms with Crippen molar-refractivity contribution in [1.29, 1.82) is 10.5 Å². The topological polar surface area (TPSA) is 106 Å². The molecule has 2 unspecified atom stereocenters. The molecule has 1 N–H and O–H groups in total. The molecule has 0 aliphatic carbocycles. The van der Waals surface area contributed by atoms with Crippen molar-refractivity contribution in [2.24, 2.45) is 17.8 Å². The highest BCUT2D eigenvalue weighted by Crippen LogP contribution is 2.30. The first-order chi connectivity index (χ1) is 10.3. The first-order valence-electron chi connectivity index (χ1n) is 7.26. The van der Waals surface area contributed by atoms with Gasteiger partial charge in [-0.25, -0.2) is 4.79 Å². The number of piperidine rings is 1. The molecule has 0 radical (unpaired) electrons. The predicted octanol–water partition coefficient (Wildman–Crippen LogP) is 1.27. The molecular formula is C15H22N4O3. The fourth-order valence-corrected chi connectivity index (χ4v) is 2.55. The van der Waals surface area contributed by atoms with Gasteiger partial charge in [-0.2, -0.15) is 10.5 Å². The van der Waals surface area contributed by atoms with Crippen molar-refractivity contribution in [3.63, 3.8) is 0 Å². The number of likely N-dealkylation sites (tertiary alicyclic amines) is 1. The first-order valence-corrected chi connectivity index (χ1v) is 7.26. The van der Waals surface area contributed by atoms with E-state index < -0.39 is 23.5 Å². The summed E-state index contributed by atoms with van der Waals surface area (Å²) in [6, 6.07) is 4.33. The molecule has 22 heavy (non-hydrogen) atoms. The molecule has 7 nitrogen and oxygen atoms in total. The summed E-state index contributed by atoms with van der Waals surface area (Å²) in [4.78, 5) is 23.9. The third kappa shape index (κ3) is 5.25. The van der Waals surface area contributed by atoms with Crippen LogP contribution < -0.4 is 5.32 Å². The molecule has 1 aliphatic rings. The van der Waals surface area contributed by atoms with E-state index in [1.54, 1.807) is 20.8 Å². The molecule has 0 aromatic rings. The van der Waals surface area contributed by atoms with Crippen LogP contribution in [0.2, 0.25) is 0 Å². The number of nitrogens with one attached hydrogen (secondary N) is 1. The van der Waals surface area contributed by atoms with E-state index in [1.165, 1.54) is 4.90 Å². The van der Waals surface area contributed by atoms with E-state index in [2.05, 4.69) is 17.5 Å². The highest BCUT2D eigenvalue weighted by molar-refractivity contribution is 5.67. The van der Waals surface area contributed by atoms with Crippen LogP contribution in [-0.4, -0.2) is 42.6 Å². The summed E-state index contributed by atoms with van der Waals surface area (Å²) >= 11 is 0. The minimum Gasteiger partial charge on any atom is -0.444 e. The minimum absolute atomic E-state index is 0.166. The molecule has 1 fully saturated rings. The zero-order chi connectivity index (χ0) is 16.8. The Labute approximate surface area is 130 Å². The van der Waals surface area contributed by atoms with E-state index in [-0.39, 0.29) is 5.92 Å². The zero-order valence-electron chi connectivity index (χ0n) is 13.2. The summed E-state index contributed by atoms with van der Waals surface area (Å²) < 4.78 is 5.13. The van der Waals surface area contributed by atoms with E-state index in [4.69, 9.17) is 4.74 Å². The number of hydrogen-bond acceptors (Lipinski definition) is 5. The van der Waals surface area contributed by atoms with Gasteiger partial charge < -0.3 is 15.0 Å². The predicted molar refractivity (Wildman–Crippen MR) is 78.2 cm³/mol. The number of rotatable bonds is 4. The summed E-state index contributed by atoms with van der Waals surface area (Å²) in [5, 5.41) is 21.1. The maximum absolute atomic E-state index is 11.6. The average molecular weight is 306 g/mol. The Balaban J connectivity index is 2.55. The molecule has 1 heterocycles. The lowest BCUT2D eigenvalue weighted by Gasteiger charge is -2.36. The Morgan fingerprint density at radius 1 is 1.32 bits per heavy atom. The van der Waals surface area contributed by atoms with E-state index in [0.29, 0.717) is 32.5 Å². The Hall–Kier alpha value is -2.28. The number of carbonyl (C=O) groups excluding carboxylic acids is 2. The van der Waals surface area contributed by atoms with Gasteiger partial charge in [-0.05, 0) is 33.1 Å². The van der Waals surface area contributed by atoms with Crippen LogP contribution in [-0.2, 0) is 9.53 Å². The lowest BCUT2D eigenvalue weighted by molar-refractivity contribution is -0.120. The van der Waals surface area contributed by atoms with Crippen molar-refractivity contribution in [3.8, 4) is 12.1 Å². The smallest absolute Gasteiger partial charge is 0.407 e. The van der Waals surface area contributed by atoms with E-state index >= 15 is 0 Å². The van der Waals surface area contributed by atoms with E-state index in [0.717, 1.165) is 0 Å². The van der Waals surface area contributed by atoms with Gasteiger partial charge in [-0.15, -0.1) is 0 Å². The number of carbonyl (C=O) groups is 2. The lowest BCUT2D eigenvalue weighted by atomic mass is 9.77.